The molecule has 0 saturated heterocycles. The first-order chi connectivity index (χ1) is 16.7. The predicted molar refractivity (Wildman–Crippen MR) is 140 cm³/mol. The van der Waals surface area contributed by atoms with Crippen LogP contribution in [0.4, 0.5) is 0 Å². The molecular weight excluding hydrogens is 483 g/mol. The Kier molecular flexibility index (Phi) is 5.96. The van der Waals surface area contributed by atoms with E-state index in [4.69, 9.17) is 32.4 Å². The zero-order chi connectivity index (χ0) is 24.9. The molecule has 0 fully saturated rings. The number of ether oxygens (including phenoxy) is 1. The quantitative estimate of drug-likeness (QED) is 0.376. The Morgan fingerprint density at radius 1 is 1.09 bits per heavy atom. The first kappa shape index (κ1) is 23.3. The van der Waals surface area contributed by atoms with Gasteiger partial charge in [-0.05, 0) is 61.4 Å². The fourth-order valence-electron chi connectivity index (χ4n) is 4.68. The van der Waals surface area contributed by atoms with E-state index in [1.807, 2.05) is 56.3 Å². The molecule has 2 aromatic carbocycles. The minimum absolute atomic E-state index is 0.0903. The lowest BCUT2D eigenvalue weighted by atomic mass is 9.78. The summed E-state index contributed by atoms with van der Waals surface area (Å²) in [6.45, 7) is 8.12. The number of hydrogen-bond acceptors (Lipinski definition) is 4. The van der Waals surface area contributed by atoms with Crippen LogP contribution in [0.5, 0.6) is 5.75 Å². The summed E-state index contributed by atoms with van der Waals surface area (Å²) in [6, 6.07) is 12.5. The first-order valence-electron chi connectivity index (χ1n) is 11.1. The largest absolute Gasteiger partial charge is 0.507 e. The van der Waals surface area contributed by atoms with Gasteiger partial charge in [-0.1, -0.05) is 65.7 Å². The molecule has 6 heteroatoms. The van der Waals surface area contributed by atoms with Crippen LogP contribution in [0.15, 0.2) is 110 Å². The molecule has 2 atom stereocenters. The predicted octanol–water partition coefficient (Wildman–Crippen LogP) is 7.44. The zero-order valence-corrected chi connectivity index (χ0v) is 20.7. The molecule has 4 nitrogen and oxygen atoms in total. The topological polar surface area (TPSA) is 59.7 Å². The van der Waals surface area contributed by atoms with Gasteiger partial charge in [-0.15, -0.1) is 0 Å². The van der Waals surface area contributed by atoms with Crippen LogP contribution in [-0.4, -0.2) is 11.2 Å². The van der Waals surface area contributed by atoms with Gasteiger partial charge in [0.2, 0.25) is 0 Å². The summed E-state index contributed by atoms with van der Waals surface area (Å²) in [5.74, 6) is -0.491. The average Bonchev–Trinajstić information content (AvgIpc) is 3.00. The number of hydrogen-bond donors (Lipinski definition) is 1. The second kappa shape index (κ2) is 8.95. The van der Waals surface area contributed by atoms with Crippen LogP contribution in [0.3, 0.4) is 0 Å². The zero-order valence-electron chi connectivity index (χ0n) is 19.1. The van der Waals surface area contributed by atoms with Gasteiger partial charge < -0.3 is 14.3 Å². The van der Waals surface area contributed by atoms with E-state index in [9.17, 15) is 9.90 Å². The van der Waals surface area contributed by atoms with Gasteiger partial charge in [-0.3, -0.25) is 0 Å². The lowest BCUT2D eigenvalue weighted by Crippen LogP contribution is -2.26. The summed E-state index contributed by atoms with van der Waals surface area (Å²) >= 11 is 12.6. The maximum absolute atomic E-state index is 13.4. The lowest BCUT2D eigenvalue weighted by molar-refractivity contribution is 0.182. The van der Waals surface area contributed by atoms with E-state index in [-0.39, 0.29) is 23.0 Å². The highest BCUT2D eigenvalue weighted by molar-refractivity contribution is 6.31. The molecule has 3 aromatic rings. The first-order valence-corrected chi connectivity index (χ1v) is 11.8. The Balaban J connectivity index is 1.83. The number of halogens is 2. The Labute approximate surface area is 212 Å². The van der Waals surface area contributed by atoms with Crippen molar-refractivity contribution in [3.05, 3.63) is 133 Å². The number of aromatic hydroxyl groups is 1. The van der Waals surface area contributed by atoms with Crippen molar-refractivity contribution in [1.29, 1.82) is 0 Å². The molecule has 176 valence electrons. The summed E-state index contributed by atoms with van der Waals surface area (Å²) in [5.41, 5.74) is 3.92. The van der Waals surface area contributed by atoms with Crippen molar-refractivity contribution in [1.82, 2.24) is 0 Å². The molecule has 2 aliphatic rings. The minimum Gasteiger partial charge on any atom is -0.507 e. The van der Waals surface area contributed by atoms with E-state index in [1.165, 1.54) is 0 Å². The molecule has 0 spiro atoms. The molecule has 0 bridgehead atoms. The standard InChI is InChI=1S/C29H22Cl2O4/c1-15-7-9-18(10-8-15)26(27-28(32)22-14-20(31)11-12-24(22)35-29(27)33)25-16(2)21-13-19(30)5-4-6-23(21)34-17(25)3/h4-14,23,26,32H,3H2,1-2H3. The van der Waals surface area contributed by atoms with E-state index >= 15 is 0 Å². The van der Waals surface area contributed by atoms with Crippen molar-refractivity contribution in [2.45, 2.75) is 25.9 Å². The van der Waals surface area contributed by atoms with Crippen LogP contribution >= 0.6 is 23.2 Å². The van der Waals surface area contributed by atoms with Crippen LogP contribution in [0, 0.1) is 6.92 Å². The fraction of sp³-hybridized carbons (Fsp3) is 0.138. The summed E-state index contributed by atoms with van der Waals surface area (Å²) in [6.07, 6.45) is 7.02. The third-order valence-electron chi connectivity index (χ3n) is 6.41. The van der Waals surface area contributed by atoms with Crippen molar-refractivity contribution in [3.63, 3.8) is 0 Å². The monoisotopic (exact) mass is 504 g/mol. The van der Waals surface area contributed by atoms with E-state index in [1.54, 1.807) is 24.3 Å². The van der Waals surface area contributed by atoms with E-state index in [0.717, 1.165) is 22.3 Å². The maximum atomic E-state index is 13.4. The molecule has 0 radical (unpaired) electrons. The van der Waals surface area contributed by atoms with Gasteiger partial charge in [0.15, 0.2) is 0 Å². The van der Waals surface area contributed by atoms with Crippen LogP contribution in [0.2, 0.25) is 5.02 Å². The number of fused-ring (bicyclic) bond motifs is 2. The highest BCUT2D eigenvalue weighted by atomic mass is 35.5. The second-order valence-corrected chi connectivity index (χ2v) is 9.55. The normalized spacial score (nSPS) is 18.5. The van der Waals surface area contributed by atoms with Gasteiger partial charge in [0.25, 0.3) is 0 Å². The molecule has 5 rings (SSSR count). The van der Waals surface area contributed by atoms with Crippen LogP contribution in [0.1, 0.15) is 29.5 Å². The summed E-state index contributed by atoms with van der Waals surface area (Å²) in [5, 5.41) is 12.7. The molecule has 2 unspecified atom stereocenters. The summed E-state index contributed by atoms with van der Waals surface area (Å²) < 4.78 is 11.8. The molecule has 0 amide bonds. The third-order valence-corrected chi connectivity index (χ3v) is 6.88. The van der Waals surface area contributed by atoms with Crippen LogP contribution in [-0.2, 0) is 4.74 Å². The smallest absolute Gasteiger partial charge is 0.344 e. The minimum atomic E-state index is -0.709. The SMILES string of the molecule is C=C1OC2C=CC=C(Cl)C=C2C(C)=C1C(c1ccc(C)cc1)c1c(O)c2cc(Cl)ccc2oc1=O. The Hall–Kier alpha value is -3.47. The van der Waals surface area contributed by atoms with E-state index in [0.29, 0.717) is 26.8 Å². The number of aryl methyl sites for hydroxylation is 1. The number of rotatable bonds is 3. The Morgan fingerprint density at radius 2 is 1.83 bits per heavy atom. The molecule has 1 aromatic heterocycles. The van der Waals surface area contributed by atoms with E-state index in [2.05, 4.69) is 6.58 Å². The molecular formula is C29H22Cl2O4. The van der Waals surface area contributed by atoms with Crippen molar-refractivity contribution in [3.8, 4) is 5.75 Å². The fourth-order valence-corrected chi connectivity index (χ4v) is 5.04. The van der Waals surface area contributed by atoms with Crippen molar-refractivity contribution < 1.29 is 14.3 Å². The van der Waals surface area contributed by atoms with Gasteiger partial charge in [-0.2, -0.15) is 0 Å². The molecule has 35 heavy (non-hydrogen) atoms. The van der Waals surface area contributed by atoms with Gasteiger partial charge in [0.05, 0.1) is 10.9 Å². The van der Waals surface area contributed by atoms with Crippen LogP contribution < -0.4 is 5.63 Å². The van der Waals surface area contributed by atoms with Gasteiger partial charge >= 0.3 is 5.63 Å². The van der Waals surface area contributed by atoms with Gasteiger partial charge in [0, 0.05) is 27.1 Å². The molecule has 1 aliphatic carbocycles. The molecule has 1 aliphatic heterocycles. The van der Waals surface area contributed by atoms with Crippen molar-refractivity contribution in [2.24, 2.45) is 0 Å². The highest BCUT2D eigenvalue weighted by Gasteiger charge is 2.36. The number of allylic oxidation sites excluding steroid dienone is 5. The highest BCUT2D eigenvalue weighted by Crippen LogP contribution is 2.46. The van der Waals surface area contributed by atoms with Crippen LogP contribution in [0.25, 0.3) is 11.0 Å². The number of benzene rings is 2. The Bertz CT molecular complexity index is 1550. The van der Waals surface area contributed by atoms with Crippen molar-refractivity contribution in [2.75, 3.05) is 0 Å². The van der Waals surface area contributed by atoms with E-state index < -0.39 is 11.5 Å². The maximum Gasteiger partial charge on any atom is 0.344 e. The second-order valence-electron chi connectivity index (χ2n) is 8.67. The summed E-state index contributed by atoms with van der Waals surface area (Å²) in [7, 11) is 0. The average molecular weight is 505 g/mol. The summed E-state index contributed by atoms with van der Waals surface area (Å²) in [4.78, 5) is 13.4. The third kappa shape index (κ3) is 4.13. The van der Waals surface area contributed by atoms with Crippen molar-refractivity contribution >= 4 is 34.2 Å². The molecule has 1 N–H and O–H groups in total. The van der Waals surface area contributed by atoms with Gasteiger partial charge in [0.1, 0.15) is 23.2 Å². The Morgan fingerprint density at radius 3 is 2.57 bits per heavy atom. The molecule has 0 saturated carbocycles. The lowest BCUT2D eigenvalue weighted by Gasteiger charge is -2.33. The molecule has 2 heterocycles. The van der Waals surface area contributed by atoms with Gasteiger partial charge in [-0.25, -0.2) is 4.79 Å².